The van der Waals surface area contributed by atoms with Gasteiger partial charge >= 0.3 is 5.97 Å². The Bertz CT molecular complexity index is 733. The molecule has 2 aromatic rings. The van der Waals surface area contributed by atoms with Crippen molar-refractivity contribution in [2.45, 2.75) is 19.3 Å². The summed E-state index contributed by atoms with van der Waals surface area (Å²) < 4.78 is 12.0. The Balaban J connectivity index is 1.96. The number of hydrogen-bond acceptors (Lipinski definition) is 6. The van der Waals surface area contributed by atoms with E-state index in [1.54, 1.807) is 7.11 Å². The number of aliphatic carboxylic acids is 1. The summed E-state index contributed by atoms with van der Waals surface area (Å²) in [6.45, 7) is 0.653. The lowest BCUT2D eigenvalue weighted by Crippen LogP contribution is -2.32. The number of hydrogen-bond donors (Lipinski definition) is 2. The third kappa shape index (κ3) is 6.02. The number of benzene rings is 1. The summed E-state index contributed by atoms with van der Waals surface area (Å²) in [7, 11) is 1.57. The number of ether oxygens (including phenoxy) is 2. The van der Waals surface area contributed by atoms with Gasteiger partial charge in [0.15, 0.2) is 5.82 Å². The molecule has 1 aromatic carbocycles. The summed E-state index contributed by atoms with van der Waals surface area (Å²) >= 11 is 0. The van der Waals surface area contributed by atoms with Crippen molar-refractivity contribution in [2.24, 2.45) is 0 Å². The number of rotatable bonds is 10. The minimum Gasteiger partial charge on any atom is -0.480 e. The molecule has 0 aliphatic carbocycles. The average molecular weight is 347 g/mol. The van der Waals surface area contributed by atoms with Crippen LogP contribution in [-0.4, -0.2) is 47.0 Å². The van der Waals surface area contributed by atoms with Gasteiger partial charge in [-0.05, 0) is 5.56 Å². The van der Waals surface area contributed by atoms with Crippen molar-refractivity contribution in [1.82, 2.24) is 9.55 Å². The molecule has 134 valence electrons. The van der Waals surface area contributed by atoms with Crippen molar-refractivity contribution >= 4 is 11.8 Å². The molecular formula is C17H21N3O5. The van der Waals surface area contributed by atoms with Gasteiger partial charge in [0.05, 0.1) is 19.3 Å². The van der Waals surface area contributed by atoms with E-state index < -0.39 is 18.1 Å². The summed E-state index contributed by atoms with van der Waals surface area (Å²) in [4.78, 5) is 26.9. The van der Waals surface area contributed by atoms with Crippen LogP contribution in [0.3, 0.4) is 0 Å². The molecule has 8 heteroatoms. The molecule has 1 unspecified atom stereocenters. The average Bonchev–Trinajstić information content (AvgIpc) is 2.60. The summed E-state index contributed by atoms with van der Waals surface area (Å²) in [5, 5.41) is 11.7. The van der Waals surface area contributed by atoms with E-state index in [-0.39, 0.29) is 11.9 Å². The van der Waals surface area contributed by atoms with Gasteiger partial charge in [-0.1, -0.05) is 30.3 Å². The molecule has 0 aliphatic heterocycles. The van der Waals surface area contributed by atoms with Crippen LogP contribution < -0.4 is 10.9 Å². The van der Waals surface area contributed by atoms with E-state index in [2.05, 4.69) is 10.3 Å². The zero-order valence-electron chi connectivity index (χ0n) is 13.9. The topological polar surface area (TPSA) is 103 Å². The number of anilines is 1. The number of methoxy groups -OCH3 is 1. The molecular weight excluding hydrogens is 326 g/mol. The second-order valence-corrected chi connectivity index (χ2v) is 5.36. The van der Waals surface area contributed by atoms with Crippen LogP contribution in [0, 0.1) is 0 Å². The maximum atomic E-state index is 12.2. The molecule has 0 spiro atoms. The van der Waals surface area contributed by atoms with Crippen molar-refractivity contribution in [2.75, 3.05) is 25.6 Å². The molecule has 2 rings (SSSR count). The molecule has 0 aliphatic rings. The zero-order chi connectivity index (χ0) is 18.1. The fourth-order valence-corrected chi connectivity index (χ4v) is 2.19. The minimum absolute atomic E-state index is 0.0770. The number of nitrogens with one attached hydrogen (secondary N) is 1. The predicted molar refractivity (Wildman–Crippen MR) is 91.5 cm³/mol. The number of aromatic nitrogens is 2. The van der Waals surface area contributed by atoms with Gasteiger partial charge in [0.1, 0.15) is 6.54 Å². The molecule has 1 atom stereocenters. The third-order valence-electron chi connectivity index (χ3n) is 3.40. The van der Waals surface area contributed by atoms with E-state index in [0.717, 1.165) is 10.1 Å². The van der Waals surface area contributed by atoms with Gasteiger partial charge < -0.3 is 19.9 Å². The van der Waals surface area contributed by atoms with E-state index in [1.807, 2.05) is 30.3 Å². The Hall–Kier alpha value is -2.71. The molecule has 0 saturated heterocycles. The molecule has 0 amide bonds. The Kier molecular flexibility index (Phi) is 7.12. The fourth-order valence-electron chi connectivity index (χ4n) is 2.19. The Morgan fingerprint density at radius 1 is 1.36 bits per heavy atom. The van der Waals surface area contributed by atoms with Crippen LogP contribution in [0.15, 0.2) is 47.5 Å². The van der Waals surface area contributed by atoms with Gasteiger partial charge in [-0.2, -0.15) is 0 Å². The first-order chi connectivity index (χ1) is 12.1. The molecule has 0 saturated carbocycles. The Labute approximate surface area is 145 Å². The lowest BCUT2D eigenvalue weighted by Gasteiger charge is -2.18. The first-order valence-electron chi connectivity index (χ1n) is 7.75. The minimum atomic E-state index is -1.09. The van der Waals surface area contributed by atoms with Crippen molar-refractivity contribution < 1.29 is 19.4 Å². The number of carboxylic acid groups (broad SMARTS) is 1. The Morgan fingerprint density at radius 2 is 2.12 bits per heavy atom. The van der Waals surface area contributed by atoms with Crippen LogP contribution in [0.1, 0.15) is 5.56 Å². The van der Waals surface area contributed by atoms with Gasteiger partial charge in [0.2, 0.25) is 0 Å². The van der Waals surface area contributed by atoms with Gasteiger partial charge in [-0.25, -0.2) is 4.98 Å². The van der Waals surface area contributed by atoms with E-state index in [1.165, 1.54) is 12.4 Å². The first-order valence-corrected chi connectivity index (χ1v) is 7.75. The quantitative estimate of drug-likeness (QED) is 0.660. The van der Waals surface area contributed by atoms with Crippen LogP contribution in [-0.2, 0) is 27.4 Å². The lowest BCUT2D eigenvalue weighted by atomic mass is 10.2. The highest BCUT2D eigenvalue weighted by Crippen LogP contribution is 2.05. The van der Waals surface area contributed by atoms with Crippen molar-refractivity contribution in [3.8, 4) is 0 Å². The summed E-state index contributed by atoms with van der Waals surface area (Å²) in [6, 6.07) is 9.71. The zero-order valence-corrected chi connectivity index (χ0v) is 13.9. The van der Waals surface area contributed by atoms with Crippen molar-refractivity contribution in [1.29, 1.82) is 0 Å². The van der Waals surface area contributed by atoms with E-state index in [4.69, 9.17) is 14.6 Å². The Morgan fingerprint density at radius 3 is 2.80 bits per heavy atom. The highest BCUT2D eigenvalue weighted by Gasteiger charge is 2.12. The van der Waals surface area contributed by atoms with Crippen LogP contribution in [0.4, 0.5) is 5.82 Å². The summed E-state index contributed by atoms with van der Waals surface area (Å²) in [6.07, 6.45) is 2.42. The second kappa shape index (κ2) is 9.55. The van der Waals surface area contributed by atoms with Crippen LogP contribution in [0.25, 0.3) is 0 Å². The van der Waals surface area contributed by atoms with E-state index in [9.17, 15) is 9.59 Å². The second-order valence-electron chi connectivity index (χ2n) is 5.36. The molecule has 1 heterocycles. The standard InChI is InChI=1S/C17H21N3O5/c1-24-12-14(25-11-13-5-3-2-4-6-13)9-19-16-17(23)20(8-7-18-16)10-15(21)22/h2-8,14H,9-12H2,1H3,(H,18,19)(H,21,22). The highest BCUT2D eigenvalue weighted by atomic mass is 16.5. The fraction of sp³-hybridized carbons (Fsp3) is 0.353. The van der Waals surface area contributed by atoms with Gasteiger partial charge in [0, 0.05) is 26.0 Å². The lowest BCUT2D eigenvalue weighted by molar-refractivity contribution is -0.137. The normalized spacial score (nSPS) is 11.9. The van der Waals surface area contributed by atoms with Gasteiger partial charge in [-0.3, -0.25) is 14.2 Å². The maximum absolute atomic E-state index is 12.2. The molecule has 8 nitrogen and oxygen atoms in total. The van der Waals surface area contributed by atoms with Crippen LogP contribution in [0.5, 0.6) is 0 Å². The first kappa shape index (κ1) is 18.6. The molecule has 0 radical (unpaired) electrons. The molecule has 0 bridgehead atoms. The molecule has 2 N–H and O–H groups in total. The number of carbonyl (C=O) groups is 1. The summed E-state index contributed by atoms with van der Waals surface area (Å²) in [5.74, 6) is -1.02. The van der Waals surface area contributed by atoms with Crippen LogP contribution in [0.2, 0.25) is 0 Å². The van der Waals surface area contributed by atoms with E-state index in [0.29, 0.717) is 19.8 Å². The van der Waals surface area contributed by atoms with Crippen LogP contribution >= 0.6 is 0 Å². The third-order valence-corrected chi connectivity index (χ3v) is 3.40. The largest absolute Gasteiger partial charge is 0.480 e. The molecule has 0 fully saturated rings. The molecule has 1 aromatic heterocycles. The molecule has 25 heavy (non-hydrogen) atoms. The number of carboxylic acids is 1. The van der Waals surface area contributed by atoms with E-state index >= 15 is 0 Å². The summed E-state index contributed by atoms with van der Waals surface area (Å²) in [5.41, 5.74) is 0.536. The SMILES string of the molecule is COCC(CNc1nccn(CC(=O)O)c1=O)OCc1ccccc1. The van der Waals surface area contributed by atoms with Gasteiger partial charge in [0.25, 0.3) is 5.56 Å². The smallest absolute Gasteiger partial charge is 0.323 e. The van der Waals surface area contributed by atoms with Crippen molar-refractivity contribution in [3.63, 3.8) is 0 Å². The van der Waals surface area contributed by atoms with Crippen molar-refractivity contribution in [3.05, 3.63) is 58.6 Å². The predicted octanol–water partition coefficient (Wildman–Crippen LogP) is 0.972. The monoisotopic (exact) mass is 347 g/mol. The maximum Gasteiger partial charge on any atom is 0.323 e. The van der Waals surface area contributed by atoms with Gasteiger partial charge in [-0.15, -0.1) is 0 Å². The number of nitrogens with zero attached hydrogens (tertiary/aromatic N) is 2. The highest BCUT2D eigenvalue weighted by molar-refractivity contribution is 5.66.